The van der Waals surface area contributed by atoms with Crippen molar-refractivity contribution in [2.75, 3.05) is 20.2 Å². The summed E-state index contributed by atoms with van der Waals surface area (Å²) in [6.07, 6.45) is 7.45. The van der Waals surface area contributed by atoms with Crippen LogP contribution in [0, 0.1) is 0 Å². The van der Waals surface area contributed by atoms with Gasteiger partial charge in [-0.25, -0.2) is 4.98 Å². The van der Waals surface area contributed by atoms with E-state index in [-0.39, 0.29) is 0 Å². The fraction of sp³-hybridized carbons (Fsp3) is 0.500. The zero-order valence-corrected chi connectivity index (χ0v) is 13.5. The highest BCUT2D eigenvalue weighted by Gasteiger charge is 2.27. The molecule has 1 aromatic heterocycles. The molecule has 0 aliphatic carbocycles. The normalized spacial score (nSPS) is 18.7. The number of likely N-dealkylation sites (tertiary alicyclic amines) is 1. The maximum atomic E-state index is 5.55. The van der Waals surface area contributed by atoms with Crippen LogP contribution in [-0.2, 0) is 13.0 Å². The monoisotopic (exact) mass is 299 g/mol. The molecule has 4 heteroatoms. The third kappa shape index (κ3) is 3.02. The zero-order valence-electron chi connectivity index (χ0n) is 13.5. The first-order valence-electron chi connectivity index (χ1n) is 8.20. The molecule has 4 nitrogen and oxygen atoms in total. The lowest BCUT2D eigenvalue weighted by Crippen LogP contribution is -2.27. The SMILES string of the molecule is CCc1nccn1CCN1CCCC1c1ccccc1OC. The van der Waals surface area contributed by atoms with Crippen LogP contribution in [0.3, 0.4) is 0 Å². The minimum atomic E-state index is 0.477. The number of rotatable bonds is 6. The Hall–Kier alpha value is -1.81. The smallest absolute Gasteiger partial charge is 0.123 e. The van der Waals surface area contributed by atoms with E-state index in [1.807, 2.05) is 12.3 Å². The molecule has 2 heterocycles. The van der Waals surface area contributed by atoms with Gasteiger partial charge in [-0.2, -0.15) is 0 Å². The van der Waals surface area contributed by atoms with Gasteiger partial charge in [0.05, 0.1) is 7.11 Å². The highest BCUT2D eigenvalue weighted by atomic mass is 16.5. The minimum Gasteiger partial charge on any atom is -0.496 e. The summed E-state index contributed by atoms with van der Waals surface area (Å²) >= 11 is 0. The van der Waals surface area contributed by atoms with Crippen molar-refractivity contribution in [1.82, 2.24) is 14.5 Å². The lowest BCUT2D eigenvalue weighted by molar-refractivity contribution is 0.241. The number of methoxy groups -OCH3 is 1. The Morgan fingerprint density at radius 2 is 2.14 bits per heavy atom. The zero-order chi connectivity index (χ0) is 15.4. The van der Waals surface area contributed by atoms with Crippen molar-refractivity contribution in [2.24, 2.45) is 0 Å². The van der Waals surface area contributed by atoms with E-state index >= 15 is 0 Å². The molecule has 0 radical (unpaired) electrons. The molecule has 2 aromatic rings. The predicted molar refractivity (Wildman–Crippen MR) is 88.1 cm³/mol. The first kappa shape index (κ1) is 15.1. The second kappa shape index (κ2) is 6.97. The molecule has 1 saturated heterocycles. The molecular formula is C18H25N3O. The molecule has 3 rings (SSSR count). The van der Waals surface area contributed by atoms with Crippen LogP contribution in [0.2, 0.25) is 0 Å². The Labute approximate surface area is 132 Å². The summed E-state index contributed by atoms with van der Waals surface area (Å²) in [7, 11) is 1.76. The van der Waals surface area contributed by atoms with Gasteiger partial charge in [-0.1, -0.05) is 25.1 Å². The number of aryl methyl sites for hydroxylation is 1. The number of hydrogen-bond acceptors (Lipinski definition) is 3. The number of hydrogen-bond donors (Lipinski definition) is 0. The third-order valence-electron chi connectivity index (χ3n) is 4.61. The summed E-state index contributed by atoms with van der Waals surface area (Å²) in [5.41, 5.74) is 1.32. The van der Waals surface area contributed by atoms with Crippen molar-refractivity contribution in [2.45, 2.75) is 38.8 Å². The standard InChI is InChI=1S/C18H25N3O/c1-3-18-19-10-12-21(18)14-13-20-11-6-8-16(20)15-7-4-5-9-17(15)22-2/h4-5,7,9-10,12,16H,3,6,8,11,13-14H2,1-2H3. The fourth-order valence-corrected chi connectivity index (χ4v) is 3.48. The quantitative estimate of drug-likeness (QED) is 0.820. The second-order valence-corrected chi connectivity index (χ2v) is 5.83. The Bertz CT molecular complexity index is 608. The summed E-state index contributed by atoms with van der Waals surface area (Å²) in [5, 5.41) is 0. The van der Waals surface area contributed by atoms with Crippen LogP contribution in [0.25, 0.3) is 0 Å². The van der Waals surface area contributed by atoms with Crippen molar-refractivity contribution in [3.8, 4) is 5.75 Å². The van der Waals surface area contributed by atoms with E-state index in [9.17, 15) is 0 Å². The largest absolute Gasteiger partial charge is 0.496 e. The van der Waals surface area contributed by atoms with Gasteiger partial charge < -0.3 is 9.30 Å². The van der Waals surface area contributed by atoms with E-state index in [1.54, 1.807) is 7.11 Å². The average Bonchev–Trinajstić information content (AvgIpc) is 3.21. The van der Waals surface area contributed by atoms with Crippen molar-refractivity contribution in [3.63, 3.8) is 0 Å². The molecule has 22 heavy (non-hydrogen) atoms. The number of ether oxygens (including phenoxy) is 1. The van der Waals surface area contributed by atoms with Crippen LogP contribution in [0.5, 0.6) is 5.75 Å². The van der Waals surface area contributed by atoms with Crippen LogP contribution < -0.4 is 4.74 Å². The van der Waals surface area contributed by atoms with Gasteiger partial charge in [0, 0.05) is 43.5 Å². The molecule has 0 N–H and O–H groups in total. The highest BCUT2D eigenvalue weighted by molar-refractivity contribution is 5.36. The lowest BCUT2D eigenvalue weighted by Gasteiger charge is -2.26. The highest BCUT2D eigenvalue weighted by Crippen LogP contribution is 2.36. The number of aromatic nitrogens is 2. The van der Waals surface area contributed by atoms with Gasteiger partial charge in [0.15, 0.2) is 0 Å². The summed E-state index contributed by atoms with van der Waals surface area (Å²) in [6.45, 7) is 5.39. The van der Waals surface area contributed by atoms with E-state index in [1.165, 1.54) is 30.8 Å². The fourth-order valence-electron chi connectivity index (χ4n) is 3.48. The van der Waals surface area contributed by atoms with E-state index in [4.69, 9.17) is 4.74 Å². The number of para-hydroxylation sites is 1. The summed E-state index contributed by atoms with van der Waals surface area (Å²) in [6, 6.07) is 8.90. The first-order chi connectivity index (χ1) is 10.8. The maximum absolute atomic E-state index is 5.55. The number of nitrogens with zero attached hydrogens (tertiary/aromatic N) is 3. The van der Waals surface area contributed by atoms with Crippen LogP contribution in [0.1, 0.15) is 37.2 Å². The van der Waals surface area contributed by atoms with Crippen LogP contribution in [0.4, 0.5) is 0 Å². The van der Waals surface area contributed by atoms with Crippen LogP contribution in [-0.4, -0.2) is 34.7 Å². The maximum Gasteiger partial charge on any atom is 0.123 e. The summed E-state index contributed by atoms with van der Waals surface area (Å²) < 4.78 is 7.83. The van der Waals surface area contributed by atoms with E-state index in [0.717, 1.165) is 25.3 Å². The molecule has 1 aliphatic rings. The topological polar surface area (TPSA) is 30.3 Å². The van der Waals surface area contributed by atoms with Crippen LogP contribution in [0.15, 0.2) is 36.7 Å². The van der Waals surface area contributed by atoms with E-state index in [2.05, 4.69) is 45.8 Å². The van der Waals surface area contributed by atoms with Gasteiger partial charge in [-0.3, -0.25) is 4.90 Å². The second-order valence-electron chi connectivity index (χ2n) is 5.83. The third-order valence-corrected chi connectivity index (χ3v) is 4.61. The van der Waals surface area contributed by atoms with Gasteiger partial charge in [0.2, 0.25) is 0 Å². The molecule has 1 fully saturated rings. The molecular weight excluding hydrogens is 274 g/mol. The minimum absolute atomic E-state index is 0.477. The predicted octanol–water partition coefficient (Wildman–Crippen LogP) is 3.29. The molecule has 0 saturated carbocycles. The van der Waals surface area contributed by atoms with Crippen molar-refractivity contribution >= 4 is 0 Å². The number of imidazole rings is 1. The Kier molecular flexibility index (Phi) is 4.78. The van der Waals surface area contributed by atoms with E-state index < -0.39 is 0 Å². The van der Waals surface area contributed by atoms with Gasteiger partial charge in [0.25, 0.3) is 0 Å². The average molecular weight is 299 g/mol. The molecule has 118 valence electrons. The molecule has 1 atom stereocenters. The molecule has 0 bridgehead atoms. The van der Waals surface area contributed by atoms with Crippen molar-refractivity contribution in [3.05, 3.63) is 48.0 Å². The van der Waals surface area contributed by atoms with Crippen LogP contribution >= 0.6 is 0 Å². The van der Waals surface area contributed by atoms with Gasteiger partial charge in [0.1, 0.15) is 11.6 Å². The van der Waals surface area contributed by atoms with E-state index in [0.29, 0.717) is 6.04 Å². The summed E-state index contributed by atoms with van der Waals surface area (Å²) in [4.78, 5) is 6.99. The lowest BCUT2D eigenvalue weighted by atomic mass is 10.0. The first-order valence-corrected chi connectivity index (χ1v) is 8.20. The van der Waals surface area contributed by atoms with Gasteiger partial charge >= 0.3 is 0 Å². The van der Waals surface area contributed by atoms with Crippen molar-refractivity contribution < 1.29 is 4.74 Å². The molecule has 1 aliphatic heterocycles. The number of benzene rings is 1. The van der Waals surface area contributed by atoms with Crippen molar-refractivity contribution in [1.29, 1.82) is 0 Å². The Morgan fingerprint density at radius 3 is 2.95 bits per heavy atom. The summed E-state index contributed by atoms with van der Waals surface area (Å²) in [5.74, 6) is 2.18. The Balaban J connectivity index is 1.71. The molecule has 1 aromatic carbocycles. The van der Waals surface area contributed by atoms with Gasteiger partial charge in [-0.15, -0.1) is 0 Å². The molecule has 0 spiro atoms. The van der Waals surface area contributed by atoms with Gasteiger partial charge in [-0.05, 0) is 25.5 Å². The molecule has 1 unspecified atom stereocenters. The Morgan fingerprint density at radius 1 is 1.27 bits per heavy atom. The molecule has 0 amide bonds.